The fraction of sp³-hybridized carbons (Fsp3) is 0.200. The van der Waals surface area contributed by atoms with Crippen LogP contribution in [-0.2, 0) is 6.42 Å². The Kier molecular flexibility index (Phi) is 2.07. The Hall–Kier alpha value is -1.20. The van der Waals surface area contributed by atoms with E-state index in [1.165, 1.54) is 9.75 Å². The van der Waals surface area contributed by atoms with Crippen LogP contribution in [0.2, 0.25) is 0 Å². The van der Waals surface area contributed by atoms with E-state index in [0.29, 0.717) is 0 Å². The van der Waals surface area contributed by atoms with Gasteiger partial charge >= 0.3 is 0 Å². The van der Waals surface area contributed by atoms with Crippen LogP contribution in [0.4, 0.5) is 0 Å². The second-order valence-corrected chi connectivity index (χ2v) is 5.19. The SMILES string of the molecule is CCc1ccc(-c2cn3ncsc3n2)s1. The molecule has 0 bridgehead atoms. The molecule has 0 atom stereocenters. The van der Waals surface area contributed by atoms with E-state index in [9.17, 15) is 0 Å². The van der Waals surface area contributed by atoms with E-state index in [-0.39, 0.29) is 0 Å². The normalized spacial score (nSPS) is 11.3. The van der Waals surface area contributed by atoms with Gasteiger partial charge < -0.3 is 0 Å². The van der Waals surface area contributed by atoms with E-state index in [1.807, 2.05) is 10.7 Å². The highest BCUT2D eigenvalue weighted by molar-refractivity contribution is 7.15. The molecule has 3 heterocycles. The van der Waals surface area contributed by atoms with Gasteiger partial charge in [-0.25, -0.2) is 9.50 Å². The minimum absolute atomic E-state index is 0.955. The Morgan fingerprint density at radius 1 is 1.40 bits per heavy atom. The first-order valence-electron chi connectivity index (χ1n) is 4.75. The average molecular weight is 235 g/mol. The van der Waals surface area contributed by atoms with Crippen molar-refractivity contribution in [2.75, 3.05) is 0 Å². The highest BCUT2D eigenvalue weighted by Gasteiger charge is 2.07. The number of aromatic nitrogens is 3. The molecule has 0 N–H and O–H groups in total. The zero-order valence-electron chi connectivity index (χ0n) is 8.17. The molecular formula is C10H9N3S2. The summed E-state index contributed by atoms with van der Waals surface area (Å²) in [6.07, 6.45) is 3.07. The molecule has 0 radical (unpaired) electrons. The summed E-state index contributed by atoms with van der Waals surface area (Å²) in [6, 6.07) is 4.30. The number of thiophene rings is 1. The van der Waals surface area contributed by atoms with Crippen molar-refractivity contribution in [3.8, 4) is 10.6 Å². The Balaban J connectivity index is 2.09. The molecule has 3 aromatic heterocycles. The lowest BCUT2D eigenvalue weighted by atomic mass is 10.3. The summed E-state index contributed by atoms with van der Waals surface area (Å²) in [5.41, 5.74) is 2.83. The van der Waals surface area contributed by atoms with Crippen molar-refractivity contribution in [3.05, 3.63) is 28.7 Å². The van der Waals surface area contributed by atoms with Gasteiger partial charge in [0, 0.05) is 4.88 Å². The molecule has 0 fully saturated rings. The molecule has 0 aliphatic carbocycles. The summed E-state index contributed by atoms with van der Waals surface area (Å²) in [5, 5.41) is 4.17. The molecule has 76 valence electrons. The highest BCUT2D eigenvalue weighted by Crippen LogP contribution is 2.28. The first-order valence-corrected chi connectivity index (χ1v) is 6.44. The molecular weight excluding hydrogens is 226 g/mol. The predicted octanol–water partition coefficient (Wildman–Crippen LogP) is 3.08. The lowest BCUT2D eigenvalue weighted by molar-refractivity contribution is 0.974. The van der Waals surface area contributed by atoms with E-state index in [0.717, 1.165) is 17.1 Å². The van der Waals surface area contributed by atoms with Gasteiger partial charge in [-0.05, 0) is 18.6 Å². The lowest BCUT2D eigenvalue weighted by Crippen LogP contribution is -1.75. The van der Waals surface area contributed by atoms with Crippen LogP contribution in [0, 0.1) is 0 Å². The largest absolute Gasteiger partial charge is 0.217 e. The van der Waals surface area contributed by atoms with Gasteiger partial charge in [-0.2, -0.15) is 5.10 Å². The summed E-state index contributed by atoms with van der Waals surface area (Å²) >= 11 is 3.37. The molecule has 0 aromatic carbocycles. The van der Waals surface area contributed by atoms with Gasteiger partial charge in [0.05, 0.1) is 11.1 Å². The summed E-state index contributed by atoms with van der Waals surface area (Å²) in [4.78, 5) is 8.10. The van der Waals surface area contributed by atoms with Crippen molar-refractivity contribution in [1.29, 1.82) is 0 Å². The topological polar surface area (TPSA) is 30.2 Å². The van der Waals surface area contributed by atoms with Gasteiger partial charge in [-0.3, -0.25) is 0 Å². The van der Waals surface area contributed by atoms with Crippen molar-refractivity contribution in [2.45, 2.75) is 13.3 Å². The molecule has 0 amide bonds. The van der Waals surface area contributed by atoms with Crippen LogP contribution in [0.15, 0.2) is 23.8 Å². The average Bonchev–Trinajstić information content (AvgIpc) is 2.91. The van der Waals surface area contributed by atoms with Gasteiger partial charge in [0.15, 0.2) is 0 Å². The molecule has 0 spiro atoms. The minimum atomic E-state index is 0.955. The zero-order chi connectivity index (χ0) is 10.3. The standard InChI is InChI=1S/C10H9N3S2/c1-2-7-3-4-9(15-7)8-5-13-10(12-8)14-6-11-13/h3-6H,2H2,1H3. The smallest absolute Gasteiger partial charge is 0.212 e. The van der Waals surface area contributed by atoms with Crippen molar-refractivity contribution in [2.24, 2.45) is 0 Å². The van der Waals surface area contributed by atoms with Crippen molar-refractivity contribution >= 4 is 27.6 Å². The quantitative estimate of drug-likeness (QED) is 0.683. The van der Waals surface area contributed by atoms with E-state index >= 15 is 0 Å². The first-order chi connectivity index (χ1) is 7.36. The van der Waals surface area contributed by atoms with E-state index in [4.69, 9.17) is 0 Å². The Morgan fingerprint density at radius 3 is 3.07 bits per heavy atom. The van der Waals surface area contributed by atoms with E-state index in [2.05, 4.69) is 29.1 Å². The maximum Gasteiger partial charge on any atom is 0.212 e. The molecule has 15 heavy (non-hydrogen) atoms. The lowest BCUT2D eigenvalue weighted by Gasteiger charge is -1.87. The maximum atomic E-state index is 4.52. The van der Waals surface area contributed by atoms with Crippen LogP contribution in [-0.4, -0.2) is 14.6 Å². The number of aryl methyl sites for hydroxylation is 1. The number of hydrogen-bond donors (Lipinski definition) is 0. The number of hydrogen-bond acceptors (Lipinski definition) is 4. The molecule has 3 nitrogen and oxygen atoms in total. The second-order valence-electron chi connectivity index (χ2n) is 3.21. The van der Waals surface area contributed by atoms with Gasteiger partial charge in [0.1, 0.15) is 11.2 Å². The Labute approximate surface area is 95.0 Å². The van der Waals surface area contributed by atoms with Crippen LogP contribution in [0.25, 0.3) is 15.5 Å². The molecule has 3 aromatic rings. The maximum absolute atomic E-state index is 4.52. The van der Waals surface area contributed by atoms with Crippen LogP contribution in [0.1, 0.15) is 11.8 Å². The number of nitrogens with zero attached hydrogens (tertiary/aromatic N) is 3. The molecule has 5 heteroatoms. The van der Waals surface area contributed by atoms with E-state index in [1.54, 1.807) is 28.2 Å². The minimum Gasteiger partial charge on any atom is -0.217 e. The van der Waals surface area contributed by atoms with Crippen LogP contribution in [0.3, 0.4) is 0 Å². The summed E-state index contributed by atoms with van der Waals surface area (Å²) in [5.74, 6) is 0. The summed E-state index contributed by atoms with van der Waals surface area (Å²) in [6.45, 7) is 2.17. The van der Waals surface area contributed by atoms with Gasteiger partial charge in [0.25, 0.3) is 0 Å². The number of fused-ring (bicyclic) bond motifs is 1. The number of imidazole rings is 1. The molecule has 0 unspecified atom stereocenters. The third-order valence-electron chi connectivity index (χ3n) is 2.25. The highest BCUT2D eigenvalue weighted by atomic mass is 32.1. The molecule has 0 saturated heterocycles. The van der Waals surface area contributed by atoms with Crippen LogP contribution in [0.5, 0.6) is 0 Å². The predicted molar refractivity (Wildman–Crippen MR) is 63.6 cm³/mol. The van der Waals surface area contributed by atoms with Gasteiger partial charge in [0.2, 0.25) is 4.96 Å². The van der Waals surface area contributed by atoms with Crippen molar-refractivity contribution < 1.29 is 0 Å². The zero-order valence-corrected chi connectivity index (χ0v) is 9.81. The first kappa shape index (κ1) is 9.06. The van der Waals surface area contributed by atoms with Gasteiger partial charge in [-0.15, -0.1) is 11.3 Å². The van der Waals surface area contributed by atoms with Crippen LogP contribution < -0.4 is 0 Å². The van der Waals surface area contributed by atoms with Crippen molar-refractivity contribution in [1.82, 2.24) is 14.6 Å². The molecule has 0 saturated carbocycles. The van der Waals surface area contributed by atoms with Crippen LogP contribution >= 0.6 is 22.7 Å². The third-order valence-corrected chi connectivity index (χ3v) is 4.19. The van der Waals surface area contributed by atoms with Crippen molar-refractivity contribution in [3.63, 3.8) is 0 Å². The monoisotopic (exact) mass is 235 g/mol. The third kappa shape index (κ3) is 1.48. The summed E-state index contributed by atoms with van der Waals surface area (Å²) in [7, 11) is 0. The molecule has 3 rings (SSSR count). The summed E-state index contributed by atoms with van der Waals surface area (Å²) < 4.78 is 1.82. The Morgan fingerprint density at radius 2 is 2.33 bits per heavy atom. The fourth-order valence-corrected chi connectivity index (χ4v) is 2.97. The molecule has 0 aliphatic rings. The number of rotatable bonds is 2. The molecule has 0 aliphatic heterocycles. The Bertz CT molecular complexity index is 562. The van der Waals surface area contributed by atoms with Gasteiger partial charge in [-0.1, -0.05) is 18.3 Å². The van der Waals surface area contributed by atoms with E-state index < -0.39 is 0 Å². The second kappa shape index (κ2) is 3.43. The fourth-order valence-electron chi connectivity index (χ4n) is 1.46.